The van der Waals surface area contributed by atoms with Gasteiger partial charge in [0.05, 0.1) is 15.5 Å². The lowest BCUT2D eigenvalue weighted by atomic mass is 10.1. The van der Waals surface area contributed by atoms with Gasteiger partial charge < -0.3 is 5.32 Å². The average Bonchev–Trinajstić information content (AvgIpc) is 2.64. The van der Waals surface area contributed by atoms with Gasteiger partial charge in [-0.1, -0.05) is 43.1 Å². The topological polar surface area (TPSA) is 110 Å². The van der Waals surface area contributed by atoms with E-state index in [1.807, 2.05) is 20.8 Å². The van der Waals surface area contributed by atoms with Gasteiger partial charge in [-0.2, -0.15) is 0 Å². The SMILES string of the molecule is Cc1ccc(N(CC(=O)NCC(C)C)S(=O)(=O)c2ccc(Cl)c([N+](=O)[O-])c2)c(C)c1. The van der Waals surface area contributed by atoms with Crippen molar-refractivity contribution in [3.05, 3.63) is 62.7 Å². The molecule has 2 aromatic carbocycles. The summed E-state index contributed by atoms with van der Waals surface area (Å²) < 4.78 is 27.8. The number of nitrogens with one attached hydrogen (secondary N) is 1. The molecule has 2 aromatic rings. The van der Waals surface area contributed by atoms with Crippen molar-refractivity contribution in [1.29, 1.82) is 0 Å². The van der Waals surface area contributed by atoms with Gasteiger partial charge in [0.2, 0.25) is 5.91 Å². The second-order valence-electron chi connectivity index (χ2n) is 7.37. The van der Waals surface area contributed by atoms with Crippen LogP contribution in [0.5, 0.6) is 0 Å². The molecule has 0 aliphatic carbocycles. The van der Waals surface area contributed by atoms with E-state index in [0.717, 1.165) is 22.0 Å². The summed E-state index contributed by atoms with van der Waals surface area (Å²) in [5.41, 5.74) is 1.37. The number of nitro benzene ring substituents is 1. The number of carbonyl (C=O) groups is 1. The molecule has 0 aliphatic heterocycles. The van der Waals surface area contributed by atoms with Crippen LogP contribution in [0.4, 0.5) is 11.4 Å². The van der Waals surface area contributed by atoms with Crippen molar-refractivity contribution in [3.8, 4) is 0 Å². The van der Waals surface area contributed by atoms with Crippen LogP contribution in [0.2, 0.25) is 5.02 Å². The molecule has 0 aromatic heterocycles. The lowest BCUT2D eigenvalue weighted by Gasteiger charge is -2.26. The number of nitrogens with zero attached hydrogens (tertiary/aromatic N) is 2. The average molecular weight is 454 g/mol. The van der Waals surface area contributed by atoms with Gasteiger partial charge >= 0.3 is 0 Å². The molecule has 30 heavy (non-hydrogen) atoms. The van der Waals surface area contributed by atoms with E-state index in [2.05, 4.69) is 5.32 Å². The molecule has 8 nitrogen and oxygen atoms in total. The maximum Gasteiger partial charge on any atom is 0.289 e. The van der Waals surface area contributed by atoms with Gasteiger partial charge in [-0.15, -0.1) is 0 Å². The Kier molecular flexibility index (Phi) is 7.44. The highest BCUT2D eigenvalue weighted by Crippen LogP contribution is 2.32. The monoisotopic (exact) mass is 453 g/mol. The fourth-order valence-electron chi connectivity index (χ4n) is 2.81. The Morgan fingerprint density at radius 1 is 1.20 bits per heavy atom. The van der Waals surface area contributed by atoms with E-state index >= 15 is 0 Å². The molecule has 162 valence electrons. The zero-order valence-corrected chi connectivity index (χ0v) is 18.7. The second-order valence-corrected chi connectivity index (χ2v) is 9.64. The molecule has 1 N–H and O–H groups in total. The largest absolute Gasteiger partial charge is 0.354 e. The molecule has 0 radical (unpaired) electrons. The van der Waals surface area contributed by atoms with Crippen LogP contribution in [0, 0.1) is 29.9 Å². The van der Waals surface area contributed by atoms with Crippen LogP contribution >= 0.6 is 11.6 Å². The molecule has 0 heterocycles. The molecular weight excluding hydrogens is 430 g/mol. The third-order valence-electron chi connectivity index (χ3n) is 4.32. The standard InChI is InChI=1S/C20H24ClN3O5S/c1-13(2)11-22-20(25)12-23(18-8-5-14(3)9-15(18)4)30(28,29)16-6-7-17(21)19(10-16)24(26)27/h5-10,13H,11-12H2,1-4H3,(H,22,25). The first kappa shape index (κ1) is 23.6. The molecular formula is C20H24ClN3O5S. The van der Waals surface area contributed by atoms with E-state index in [1.54, 1.807) is 25.1 Å². The molecule has 10 heteroatoms. The number of hydrogen-bond donors (Lipinski definition) is 1. The number of anilines is 1. The number of carbonyl (C=O) groups excluding carboxylic acids is 1. The number of halogens is 1. The van der Waals surface area contributed by atoms with Crippen molar-refractivity contribution >= 4 is 38.9 Å². The Bertz CT molecular complexity index is 1070. The van der Waals surface area contributed by atoms with Crippen molar-refractivity contribution in [2.24, 2.45) is 5.92 Å². The Morgan fingerprint density at radius 3 is 2.43 bits per heavy atom. The van der Waals surface area contributed by atoms with E-state index in [0.29, 0.717) is 17.8 Å². The number of aryl methyl sites for hydroxylation is 2. The van der Waals surface area contributed by atoms with Crippen LogP contribution in [0.3, 0.4) is 0 Å². The van der Waals surface area contributed by atoms with Gasteiger partial charge in [0.1, 0.15) is 11.6 Å². The number of benzene rings is 2. The minimum Gasteiger partial charge on any atom is -0.354 e. The van der Waals surface area contributed by atoms with Gasteiger partial charge in [-0.05, 0) is 43.5 Å². The number of nitro groups is 1. The Morgan fingerprint density at radius 2 is 1.87 bits per heavy atom. The van der Waals surface area contributed by atoms with Crippen LogP contribution in [0.15, 0.2) is 41.3 Å². The summed E-state index contributed by atoms with van der Waals surface area (Å²) in [4.78, 5) is 22.6. The highest BCUT2D eigenvalue weighted by atomic mass is 35.5. The smallest absolute Gasteiger partial charge is 0.289 e. The molecule has 0 saturated heterocycles. The molecule has 2 rings (SSSR count). The molecule has 0 aliphatic rings. The second kappa shape index (κ2) is 9.44. The van der Waals surface area contributed by atoms with E-state index < -0.39 is 33.1 Å². The first-order valence-electron chi connectivity index (χ1n) is 9.24. The molecule has 0 fully saturated rings. The van der Waals surface area contributed by atoms with Gasteiger partial charge in [0.15, 0.2) is 0 Å². The number of rotatable bonds is 8. The van der Waals surface area contributed by atoms with Crippen molar-refractivity contribution in [1.82, 2.24) is 5.32 Å². The Balaban J connectivity index is 2.56. The fourth-order valence-corrected chi connectivity index (χ4v) is 4.50. The fraction of sp³-hybridized carbons (Fsp3) is 0.350. The molecule has 0 spiro atoms. The predicted molar refractivity (Wildman–Crippen MR) is 116 cm³/mol. The summed E-state index contributed by atoms with van der Waals surface area (Å²) in [6.07, 6.45) is 0. The van der Waals surface area contributed by atoms with Crippen molar-refractivity contribution in [3.63, 3.8) is 0 Å². The number of amides is 1. The maximum absolute atomic E-state index is 13.4. The summed E-state index contributed by atoms with van der Waals surface area (Å²) in [7, 11) is -4.29. The van der Waals surface area contributed by atoms with E-state index in [4.69, 9.17) is 11.6 Å². The highest BCUT2D eigenvalue weighted by molar-refractivity contribution is 7.92. The van der Waals surface area contributed by atoms with Crippen LogP contribution in [-0.4, -0.2) is 32.3 Å². The van der Waals surface area contributed by atoms with E-state index in [9.17, 15) is 23.3 Å². The molecule has 0 bridgehead atoms. The first-order chi connectivity index (χ1) is 13.9. The van der Waals surface area contributed by atoms with Gasteiger partial charge in [0.25, 0.3) is 15.7 Å². The van der Waals surface area contributed by atoms with E-state index in [-0.39, 0.29) is 15.8 Å². The summed E-state index contributed by atoms with van der Waals surface area (Å²) in [6, 6.07) is 8.40. The molecule has 0 unspecified atom stereocenters. The molecule has 0 atom stereocenters. The van der Waals surface area contributed by atoms with Crippen LogP contribution in [-0.2, 0) is 14.8 Å². The minimum absolute atomic E-state index is 0.174. The first-order valence-corrected chi connectivity index (χ1v) is 11.1. The maximum atomic E-state index is 13.4. The molecule has 0 saturated carbocycles. The zero-order valence-electron chi connectivity index (χ0n) is 17.2. The Labute approximate surface area is 181 Å². The summed E-state index contributed by atoms with van der Waals surface area (Å²) in [6.45, 7) is 7.38. The lowest BCUT2D eigenvalue weighted by Crippen LogP contribution is -2.42. The van der Waals surface area contributed by atoms with Crippen LogP contribution in [0.25, 0.3) is 0 Å². The lowest BCUT2D eigenvalue weighted by molar-refractivity contribution is -0.384. The van der Waals surface area contributed by atoms with Gasteiger partial charge in [-0.25, -0.2) is 8.42 Å². The molecule has 1 amide bonds. The normalized spacial score (nSPS) is 11.4. The predicted octanol–water partition coefficient (Wildman–Crippen LogP) is 3.83. The summed E-state index contributed by atoms with van der Waals surface area (Å²) >= 11 is 5.82. The highest BCUT2D eigenvalue weighted by Gasteiger charge is 2.30. The third kappa shape index (κ3) is 5.48. The van der Waals surface area contributed by atoms with Crippen LogP contribution in [0.1, 0.15) is 25.0 Å². The van der Waals surface area contributed by atoms with Crippen LogP contribution < -0.4 is 9.62 Å². The summed E-state index contributed by atoms with van der Waals surface area (Å²) in [5.74, 6) is -0.283. The van der Waals surface area contributed by atoms with E-state index in [1.165, 1.54) is 6.07 Å². The van der Waals surface area contributed by atoms with Crippen molar-refractivity contribution in [2.75, 3.05) is 17.4 Å². The Hall–Kier alpha value is -2.65. The van der Waals surface area contributed by atoms with Crippen molar-refractivity contribution < 1.29 is 18.1 Å². The number of sulfonamides is 1. The van der Waals surface area contributed by atoms with Gasteiger partial charge in [-0.3, -0.25) is 19.2 Å². The zero-order chi connectivity index (χ0) is 22.6. The van der Waals surface area contributed by atoms with Gasteiger partial charge in [0, 0.05) is 12.6 Å². The minimum atomic E-state index is -4.29. The summed E-state index contributed by atoms with van der Waals surface area (Å²) in [5, 5.41) is 13.7. The van der Waals surface area contributed by atoms with Crippen molar-refractivity contribution in [2.45, 2.75) is 32.6 Å². The quantitative estimate of drug-likeness (QED) is 0.482. The third-order valence-corrected chi connectivity index (χ3v) is 6.39. The number of hydrogen-bond acceptors (Lipinski definition) is 5.